The number of nitrogens with zero attached hydrogens (tertiary/aromatic N) is 3. The van der Waals surface area contributed by atoms with Gasteiger partial charge >= 0.3 is 6.18 Å². The summed E-state index contributed by atoms with van der Waals surface area (Å²) < 4.78 is 70.2. The second kappa shape index (κ2) is 10.5. The molecule has 5 rings (SSSR count). The molecule has 1 fully saturated rings. The summed E-state index contributed by atoms with van der Waals surface area (Å²) in [7, 11) is -3.64. The Morgan fingerprint density at radius 1 is 1.03 bits per heavy atom. The van der Waals surface area contributed by atoms with Crippen molar-refractivity contribution in [3.8, 4) is 0 Å². The van der Waals surface area contributed by atoms with Gasteiger partial charge in [0, 0.05) is 25.8 Å². The lowest BCUT2D eigenvalue weighted by atomic mass is 9.90. The van der Waals surface area contributed by atoms with Crippen LogP contribution in [0.5, 0.6) is 0 Å². The van der Waals surface area contributed by atoms with E-state index in [9.17, 15) is 26.4 Å². The van der Waals surface area contributed by atoms with E-state index in [4.69, 9.17) is 0 Å². The van der Waals surface area contributed by atoms with Crippen molar-refractivity contribution in [2.75, 3.05) is 13.1 Å². The predicted molar refractivity (Wildman–Crippen MR) is 140 cm³/mol. The van der Waals surface area contributed by atoms with Crippen molar-refractivity contribution < 1.29 is 26.4 Å². The summed E-state index contributed by atoms with van der Waals surface area (Å²) in [5.41, 5.74) is 0.734. The van der Waals surface area contributed by atoms with E-state index >= 15 is 0 Å². The first-order chi connectivity index (χ1) is 18.5. The van der Waals surface area contributed by atoms with Crippen molar-refractivity contribution in [3.05, 3.63) is 101 Å². The highest BCUT2D eigenvalue weighted by Crippen LogP contribution is 2.36. The first kappa shape index (κ1) is 26.9. The summed E-state index contributed by atoms with van der Waals surface area (Å²) >= 11 is 0. The molecule has 1 saturated heterocycles. The molecule has 1 N–H and O–H groups in total. The smallest absolute Gasteiger partial charge is 0.348 e. The van der Waals surface area contributed by atoms with Crippen molar-refractivity contribution in [2.24, 2.45) is 0 Å². The molecule has 0 radical (unpaired) electrons. The number of rotatable bonds is 6. The van der Waals surface area contributed by atoms with Gasteiger partial charge in [-0.15, -0.1) is 0 Å². The zero-order valence-corrected chi connectivity index (χ0v) is 22.0. The van der Waals surface area contributed by atoms with Crippen LogP contribution in [-0.2, 0) is 22.7 Å². The van der Waals surface area contributed by atoms with Crippen molar-refractivity contribution in [1.29, 1.82) is 0 Å². The number of hydrogen-bond donors (Lipinski definition) is 1. The van der Waals surface area contributed by atoms with Gasteiger partial charge in [-0.05, 0) is 61.1 Å². The quantitative estimate of drug-likeness (QED) is 0.356. The number of aromatic nitrogens is 2. The molecule has 4 aromatic rings. The Bertz CT molecular complexity index is 1590. The largest absolute Gasteiger partial charge is 0.436 e. The topological polar surface area (TPSA) is 83.8 Å². The summed E-state index contributed by atoms with van der Waals surface area (Å²) in [6.45, 7) is 2.52. The predicted octanol–water partition coefficient (Wildman–Crippen LogP) is 5.16. The Hall–Kier alpha value is -3.70. The maximum atomic E-state index is 13.9. The molecule has 2 aromatic heterocycles. The van der Waals surface area contributed by atoms with Gasteiger partial charge in [0.1, 0.15) is 0 Å². The van der Waals surface area contributed by atoms with Crippen LogP contribution in [0.25, 0.3) is 5.52 Å². The third-order valence-electron chi connectivity index (χ3n) is 7.03. The van der Waals surface area contributed by atoms with Gasteiger partial charge in [0.25, 0.3) is 5.91 Å². The van der Waals surface area contributed by atoms with Gasteiger partial charge in [0.15, 0.2) is 5.69 Å². The third-order valence-corrected chi connectivity index (χ3v) is 8.95. The Labute approximate surface area is 224 Å². The van der Waals surface area contributed by atoms with Gasteiger partial charge in [-0.1, -0.05) is 48.0 Å². The summed E-state index contributed by atoms with van der Waals surface area (Å²) in [5.74, 6) is -0.943. The van der Waals surface area contributed by atoms with Crippen molar-refractivity contribution in [1.82, 2.24) is 19.2 Å². The standard InChI is InChI=1S/C28H27F3N4O3S/c1-19-7-9-23(10-8-19)39(37,38)34-14-11-21(12-15-34)22-13-16-35-24(17-22)25(26(33-35)28(29,30)31)27(36)32-18-20-5-3-2-4-6-20/h2-10,13,16-17,21H,11-12,14-15,18H2,1H3,(H,32,36). The summed E-state index contributed by atoms with van der Waals surface area (Å²) in [6.07, 6.45) is -2.40. The summed E-state index contributed by atoms with van der Waals surface area (Å²) in [6, 6.07) is 18.8. The van der Waals surface area contributed by atoms with Crippen LogP contribution in [0.1, 0.15) is 51.5 Å². The maximum absolute atomic E-state index is 13.9. The van der Waals surface area contributed by atoms with E-state index in [-0.39, 0.29) is 36.0 Å². The van der Waals surface area contributed by atoms with Gasteiger partial charge < -0.3 is 5.32 Å². The van der Waals surface area contributed by atoms with Gasteiger partial charge in [-0.3, -0.25) is 4.79 Å². The first-order valence-electron chi connectivity index (χ1n) is 12.5. The molecule has 0 bridgehead atoms. The van der Waals surface area contributed by atoms with Crippen LogP contribution in [0.4, 0.5) is 13.2 Å². The normalized spacial score (nSPS) is 15.5. The number of carbonyl (C=O) groups is 1. The number of aryl methyl sites for hydroxylation is 1. The minimum atomic E-state index is -4.82. The molecular formula is C28H27F3N4O3S. The molecule has 204 valence electrons. The van der Waals surface area contributed by atoms with E-state index in [0.717, 1.165) is 21.2 Å². The molecule has 2 aromatic carbocycles. The minimum absolute atomic E-state index is 0.0556. The molecule has 0 spiro atoms. The highest BCUT2D eigenvalue weighted by molar-refractivity contribution is 7.89. The number of nitrogens with one attached hydrogen (secondary N) is 1. The Kier molecular flexibility index (Phi) is 7.21. The fourth-order valence-corrected chi connectivity index (χ4v) is 6.36. The van der Waals surface area contributed by atoms with E-state index in [1.807, 2.05) is 13.0 Å². The Morgan fingerprint density at radius 2 is 1.69 bits per heavy atom. The Balaban J connectivity index is 1.39. The molecule has 1 aliphatic heterocycles. The highest BCUT2D eigenvalue weighted by atomic mass is 32.2. The van der Waals surface area contributed by atoms with Crippen LogP contribution >= 0.6 is 0 Å². The monoisotopic (exact) mass is 556 g/mol. The molecule has 0 unspecified atom stereocenters. The highest BCUT2D eigenvalue weighted by Gasteiger charge is 2.40. The molecule has 0 saturated carbocycles. The van der Waals surface area contributed by atoms with Gasteiger partial charge in [0.2, 0.25) is 10.0 Å². The van der Waals surface area contributed by atoms with Crippen LogP contribution in [-0.4, -0.2) is 41.3 Å². The number of pyridine rings is 1. The van der Waals surface area contributed by atoms with E-state index in [0.29, 0.717) is 12.8 Å². The number of benzene rings is 2. The molecule has 39 heavy (non-hydrogen) atoms. The molecule has 3 heterocycles. The van der Waals surface area contributed by atoms with Crippen LogP contribution in [0, 0.1) is 6.92 Å². The second-order valence-electron chi connectivity index (χ2n) is 9.67. The average Bonchev–Trinajstić information content (AvgIpc) is 3.32. The zero-order chi connectivity index (χ0) is 27.8. The molecule has 1 amide bonds. The number of fused-ring (bicyclic) bond motifs is 1. The van der Waals surface area contributed by atoms with Gasteiger partial charge in [-0.25, -0.2) is 12.9 Å². The summed E-state index contributed by atoms with van der Waals surface area (Å²) in [5, 5.41) is 6.25. The third kappa shape index (κ3) is 5.55. The lowest BCUT2D eigenvalue weighted by molar-refractivity contribution is -0.141. The van der Waals surface area contributed by atoms with E-state index < -0.39 is 33.4 Å². The first-order valence-corrected chi connectivity index (χ1v) is 14.0. The number of halogens is 3. The zero-order valence-electron chi connectivity index (χ0n) is 21.1. The lowest BCUT2D eigenvalue weighted by Gasteiger charge is -2.31. The lowest BCUT2D eigenvalue weighted by Crippen LogP contribution is -2.37. The molecule has 0 aliphatic carbocycles. The van der Waals surface area contributed by atoms with E-state index in [1.165, 1.54) is 10.5 Å². The van der Waals surface area contributed by atoms with Gasteiger partial charge in [-0.2, -0.15) is 22.6 Å². The van der Waals surface area contributed by atoms with Gasteiger partial charge in [0.05, 0.1) is 16.0 Å². The molecule has 11 heteroatoms. The van der Waals surface area contributed by atoms with Crippen LogP contribution in [0.15, 0.2) is 77.8 Å². The number of amides is 1. The number of hydrogen-bond acceptors (Lipinski definition) is 4. The molecule has 7 nitrogen and oxygen atoms in total. The number of sulfonamides is 1. The minimum Gasteiger partial charge on any atom is -0.348 e. The van der Waals surface area contributed by atoms with Crippen molar-refractivity contribution in [3.63, 3.8) is 0 Å². The Morgan fingerprint density at radius 3 is 2.33 bits per heavy atom. The maximum Gasteiger partial charge on any atom is 0.436 e. The number of piperidine rings is 1. The molecule has 0 atom stereocenters. The second-order valence-corrected chi connectivity index (χ2v) is 11.6. The summed E-state index contributed by atoms with van der Waals surface area (Å²) in [4.78, 5) is 13.3. The van der Waals surface area contributed by atoms with E-state index in [1.54, 1.807) is 60.7 Å². The van der Waals surface area contributed by atoms with Crippen molar-refractivity contribution in [2.45, 2.75) is 43.3 Å². The number of alkyl halides is 3. The SMILES string of the molecule is Cc1ccc(S(=O)(=O)N2CCC(c3ccn4nc(C(F)(F)F)c(C(=O)NCc5ccccc5)c4c3)CC2)cc1. The fourth-order valence-electron chi connectivity index (χ4n) is 4.89. The molecule has 1 aliphatic rings. The number of carbonyl (C=O) groups excluding carboxylic acids is 1. The van der Waals surface area contributed by atoms with Crippen LogP contribution in [0.2, 0.25) is 0 Å². The van der Waals surface area contributed by atoms with E-state index in [2.05, 4.69) is 10.4 Å². The van der Waals surface area contributed by atoms with Crippen LogP contribution < -0.4 is 5.32 Å². The van der Waals surface area contributed by atoms with Crippen LogP contribution in [0.3, 0.4) is 0 Å². The molecular weight excluding hydrogens is 529 g/mol. The average molecular weight is 557 g/mol. The fraction of sp³-hybridized carbons (Fsp3) is 0.286. The van der Waals surface area contributed by atoms with Crippen molar-refractivity contribution >= 4 is 21.4 Å².